The largest absolute Gasteiger partial charge is 0.316 e. The van der Waals surface area contributed by atoms with E-state index in [1.54, 1.807) is 0 Å². The lowest BCUT2D eigenvalue weighted by atomic mass is 9.99. The van der Waals surface area contributed by atoms with Crippen molar-refractivity contribution in [1.82, 2.24) is 20.0 Å². The third kappa shape index (κ3) is 3.56. The predicted octanol–water partition coefficient (Wildman–Crippen LogP) is 1.64. The van der Waals surface area contributed by atoms with E-state index < -0.39 is 0 Å². The SMILES string of the molecule is CCn1cc(CN(C)CC2CCCNC2)c(C)n1. The molecule has 0 saturated carbocycles. The summed E-state index contributed by atoms with van der Waals surface area (Å²) >= 11 is 0. The molecule has 1 atom stereocenters. The van der Waals surface area contributed by atoms with Gasteiger partial charge in [0, 0.05) is 31.4 Å². The smallest absolute Gasteiger partial charge is 0.0638 e. The van der Waals surface area contributed by atoms with E-state index in [4.69, 9.17) is 0 Å². The Hall–Kier alpha value is -0.870. The molecule has 4 heteroatoms. The van der Waals surface area contributed by atoms with Crippen LogP contribution in [0.5, 0.6) is 0 Å². The maximum atomic E-state index is 4.51. The summed E-state index contributed by atoms with van der Waals surface area (Å²) in [6.07, 6.45) is 4.88. The van der Waals surface area contributed by atoms with Crippen molar-refractivity contribution in [2.75, 3.05) is 26.7 Å². The van der Waals surface area contributed by atoms with Crippen LogP contribution in [0.1, 0.15) is 31.0 Å². The Labute approximate surface area is 110 Å². The van der Waals surface area contributed by atoms with Gasteiger partial charge in [-0.05, 0) is 52.7 Å². The van der Waals surface area contributed by atoms with Crippen molar-refractivity contribution in [1.29, 1.82) is 0 Å². The molecule has 1 fully saturated rings. The number of aromatic nitrogens is 2. The second-order valence-corrected chi connectivity index (χ2v) is 5.50. The number of nitrogens with zero attached hydrogens (tertiary/aromatic N) is 3. The fourth-order valence-corrected chi connectivity index (χ4v) is 2.75. The average molecular weight is 250 g/mol. The van der Waals surface area contributed by atoms with Gasteiger partial charge in [-0.1, -0.05) is 0 Å². The first kappa shape index (κ1) is 13.6. The summed E-state index contributed by atoms with van der Waals surface area (Å²) in [6, 6.07) is 0. The Morgan fingerprint density at radius 3 is 3.00 bits per heavy atom. The molecule has 0 radical (unpaired) electrons. The Balaban J connectivity index is 1.85. The van der Waals surface area contributed by atoms with Crippen molar-refractivity contribution in [2.45, 2.75) is 39.8 Å². The highest BCUT2D eigenvalue weighted by Gasteiger charge is 2.16. The molecule has 102 valence electrons. The number of hydrogen-bond acceptors (Lipinski definition) is 3. The molecule has 0 aliphatic carbocycles. The van der Waals surface area contributed by atoms with Gasteiger partial charge in [-0.15, -0.1) is 0 Å². The lowest BCUT2D eigenvalue weighted by Gasteiger charge is -2.27. The van der Waals surface area contributed by atoms with Gasteiger partial charge in [0.1, 0.15) is 0 Å². The highest BCUT2D eigenvalue weighted by molar-refractivity contribution is 5.15. The van der Waals surface area contributed by atoms with Gasteiger partial charge in [0.05, 0.1) is 5.69 Å². The van der Waals surface area contributed by atoms with Crippen LogP contribution >= 0.6 is 0 Å². The van der Waals surface area contributed by atoms with Gasteiger partial charge in [0.2, 0.25) is 0 Å². The molecule has 1 aromatic heterocycles. The van der Waals surface area contributed by atoms with Gasteiger partial charge in [-0.25, -0.2) is 0 Å². The Morgan fingerprint density at radius 1 is 1.56 bits per heavy atom. The topological polar surface area (TPSA) is 33.1 Å². The van der Waals surface area contributed by atoms with Crippen molar-refractivity contribution in [3.63, 3.8) is 0 Å². The van der Waals surface area contributed by atoms with Crippen LogP contribution in [0, 0.1) is 12.8 Å². The fourth-order valence-electron chi connectivity index (χ4n) is 2.75. The first-order valence-corrected chi connectivity index (χ1v) is 7.11. The molecular formula is C14H26N4. The molecule has 1 saturated heterocycles. The zero-order valence-corrected chi connectivity index (χ0v) is 11.9. The van der Waals surface area contributed by atoms with E-state index in [1.807, 2.05) is 4.68 Å². The van der Waals surface area contributed by atoms with Crippen LogP contribution in [0.15, 0.2) is 6.20 Å². The Kier molecular flexibility index (Phi) is 4.78. The van der Waals surface area contributed by atoms with Gasteiger partial charge in [-0.2, -0.15) is 5.10 Å². The van der Waals surface area contributed by atoms with E-state index in [9.17, 15) is 0 Å². The standard InChI is InChI=1S/C14H26N4/c1-4-18-11-14(12(2)16-18)10-17(3)9-13-6-5-7-15-8-13/h11,13,15H,4-10H2,1-3H3. The van der Waals surface area contributed by atoms with Crippen LogP contribution in [-0.4, -0.2) is 41.4 Å². The highest BCUT2D eigenvalue weighted by Crippen LogP contribution is 2.14. The molecule has 0 bridgehead atoms. The van der Waals surface area contributed by atoms with Gasteiger partial charge < -0.3 is 10.2 Å². The first-order valence-electron chi connectivity index (χ1n) is 7.11. The number of rotatable bonds is 5. The van der Waals surface area contributed by atoms with E-state index >= 15 is 0 Å². The molecule has 0 aromatic carbocycles. The van der Waals surface area contributed by atoms with Crippen molar-refractivity contribution < 1.29 is 0 Å². The Bertz CT molecular complexity index is 366. The molecule has 1 unspecified atom stereocenters. The fraction of sp³-hybridized carbons (Fsp3) is 0.786. The summed E-state index contributed by atoms with van der Waals surface area (Å²) in [7, 11) is 2.22. The maximum absolute atomic E-state index is 4.51. The second kappa shape index (κ2) is 6.34. The van der Waals surface area contributed by atoms with E-state index in [-0.39, 0.29) is 0 Å². The molecule has 1 N–H and O–H groups in total. The van der Waals surface area contributed by atoms with Crippen molar-refractivity contribution in [3.05, 3.63) is 17.5 Å². The van der Waals surface area contributed by atoms with Gasteiger partial charge >= 0.3 is 0 Å². The molecule has 1 aromatic rings. The number of piperidine rings is 1. The van der Waals surface area contributed by atoms with Crippen LogP contribution in [-0.2, 0) is 13.1 Å². The molecule has 1 aliphatic heterocycles. The minimum Gasteiger partial charge on any atom is -0.316 e. The second-order valence-electron chi connectivity index (χ2n) is 5.50. The molecular weight excluding hydrogens is 224 g/mol. The summed E-state index contributed by atoms with van der Waals surface area (Å²) in [6.45, 7) is 9.77. The van der Waals surface area contributed by atoms with Gasteiger partial charge in [-0.3, -0.25) is 4.68 Å². The highest BCUT2D eigenvalue weighted by atomic mass is 15.3. The molecule has 18 heavy (non-hydrogen) atoms. The van der Waals surface area contributed by atoms with Crippen molar-refractivity contribution in [3.8, 4) is 0 Å². The van der Waals surface area contributed by atoms with E-state index in [0.29, 0.717) is 0 Å². The van der Waals surface area contributed by atoms with Crippen LogP contribution in [0.25, 0.3) is 0 Å². The molecule has 2 heterocycles. The molecule has 4 nitrogen and oxygen atoms in total. The van der Waals surface area contributed by atoms with Crippen LogP contribution in [0.4, 0.5) is 0 Å². The van der Waals surface area contributed by atoms with Crippen molar-refractivity contribution in [2.24, 2.45) is 5.92 Å². The number of nitrogens with one attached hydrogen (secondary N) is 1. The molecule has 1 aliphatic rings. The minimum absolute atomic E-state index is 0.810. The lowest BCUT2D eigenvalue weighted by molar-refractivity contribution is 0.237. The average Bonchev–Trinajstić information content (AvgIpc) is 2.71. The molecule has 2 rings (SSSR count). The third-order valence-electron chi connectivity index (χ3n) is 3.78. The van der Waals surface area contributed by atoms with E-state index in [0.717, 1.165) is 19.0 Å². The number of hydrogen-bond donors (Lipinski definition) is 1. The lowest BCUT2D eigenvalue weighted by Crippen LogP contribution is -2.36. The summed E-state index contributed by atoms with van der Waals surface area (Å²) in [5.74, 6) is 0.810. The van der Waals surface area contributed by atoms with Gasteiger partial charge in [0.15, 0.2) is 0 Å². The van der Waals surface area contributed by atoms with E-state index in [1.165, 1.54) is 43.7 Å². The predicted molar refractivity (Wildman–Crippen MR) is 74.6 cm³/mol. The first-order chi connectivity index (χ1) is 8.69. The molecule has 0 amide bonds. The monoisotopic (exact) mass is 250 g/mol. The zero-order chi connectivity index (χ0) is 13.0. The normalized spacial score (nSPS) is 20.6. The summed E-state index contributed by atoms with van der Waals surface area (Å²) in [4.78, 5) is 2.43. The molecule has 0 spiro atoms. The number of aryl methyl sites for hydroxylation is 2. The maximum Gasteiger partial charge on any atom is 0.0638 e. The minimum atomic E-state index is 0.810. The summed E-state index contributed by atoms with van der Waals surface area (Å²) in [5.41, 5.74) is 2.54. The van der Waals surface area contributed by atoms with Gasteiger partial charge in [0.25, 0.3) is 0 Å². The van der Waals surface area contributed by atoms with Crippen LogP contribution in [0.2, 0.25) is 0 Å². The summed E-state index contributed by atoms with van der Waals surface area (Å²) in [5, 5.41) is 7.99. The zero-order valence-electron chi connectivity index (χ0n) is 11.9. The quantitative estimate of drug-likeness (QED) is 0.862. The van der Waals surface area contributed by atoms with E-state index in [2.05, 4.69) is 42.4 Å². The third-order valence-corrected chi connectivity index (χ3v) is 3.78. The summed E-state index contributed by atoms with van der Waals surface area (Å²) < 4.78 is 2.03. The Morgan fingerprint density at radius 2 is 2.39 bits per heavy atom. The van der Waals surface area contributed by atoms with Crippen LogP contribution < -0.4 is 5.32 Å². The van der Waals surface area contributed by atoms with Crippen LogP contribution in [0.3, 0.4) is 0 Å². The van der Waals surface area contributed by atoms with Crippen molar-refractivity contribution >= 4 is 0 Å².